The molecule has 3 rings (SSSR count). The van der Waals surface area contributed by atoms with E-state index in [4.69, 9.17) is 4.74 Å². The van der Waals surface area contributed by atoms with Gasteiger partial charge in [-0.3, -0.25) is 0 Å². The summed E-state index contributed by atoms with van der Waals surface area (Å²) in [6.07, 6.45) is 4.78. The van der Waals surface area contributed by atoms with Crippen molar-refractivity contribution in [3.63, 3.8) is 0 Å². The van der Waals surface area contributed by atoms with Crippen LogP contribution in [0.25, 0.3) is 0 Å². The number of hydrogen-bond acceptors (Lipinski definition) is 3. The lowest BCUT2D eigenvalue weighted by molar-refractivity contribution is 0.0425. The average Bonchev–Trinajstić information content (AvgIpc) is 2.77. The molecule has 1 atom stereocenters. The summed E-state index contributed by atoms with van der Waals surface area (Å²) in [5.41, 5.74) is 0.362. The summed E-state index contributed by atoms with van der Waals surface area (Å²) >= 11 is 0. The van der Waals surface area contributed by atoms with Crippen molar-refractivity contribution in [2.45, 2.75) is 43.7 Å². The summed E-state index contributed by atoms with van der Waals surface area (Å²) in [5, 5.41) is 3.15. The molecule has 1 aromatic carbocycles. The molecule has 90 valence electrons. The molecule has 0 radical (unpaired) electrons. The fourth-order valence-corrected chi connectivity index (χ4v) is 3.03. The van der Waals surface area contributed by atoms with E-state index in [-0.39, 0.29) is 11.4 Å². The number of benzene rings is 1. The Kier molecular flexibility index (Phi) is 2.38. The number of rotatable bonds is 1. The number of nitrogens with zero attached hydrogens (tertiary/aromatic N) is 1. The van der Waals surface area contributed by atoms with Crippen molar-refractivity contribution in [1.82, 2.24) is 0 Å². The lowest BCUT2D eigenvalue weighted by atomic mass is 9.86. The minimum absolute atomic E-state index is 0.233. The quantitative estimate of drug-likeness (QED) is 0.696. The second-order valence-electron chi connectivity index (χ2n) is 5.00. The molecule has 17 heavy (non-hydrogen) atoms. The Morgan fingerprint density at radius 3 is 2.82 bits per heavy atom. The van der Waals surface area contributed by atoms with E-state index >= 15 is 0 Å². The van der Waals surface area contributed by atoms with Crippen LogP contribution < -0.4 is 4.74 Å². The molecule has 1 aliphatic carbocycles. The van der Waals surface area contributed by atoms with Gasteiger partial charge in [0.05, 0.1) is 0 Å². The number of nitroso groups, excluding NO2 is 1. The van der Waals surface area contributed by atoms with E-state index in [0.717, 1.165) is 25.7 Å². The first-order chi connectivity index (χ1) is 8.22. The van der Waals surface area contributed by atoms with Crippen molar-refractivity contribution >= 4 is 0 Å². The van der Waals surface area contributed by atoms with E-state index in [1.165, 1.54) is 12.1 Å². The smallest absolute Gasteiger partial charge is 0.125 e. The van der Waals surface area contributed by atoms with Gasteiger partial charge in [-0.25, -0.2) is 4.39 Å². The number of ether oxygens (including phenoxy) is 1. The second-order valence-corrected chi connectivity index (χ2v) is 5.00. The minimum Gasteiger partial charge on any atom is -0.487 e. The Labute approximate surface area is 98.9 Å². The SMILES string of the molecule is O=NC1CC2(CCCC2)Oc2ccc(F)cc21. The summed E-state index contributed by atoms with van der Waals surface area (Å²) in [4.78, 5) is 10.9. The number of halogens is 1. The lowest BCUT2D eigenvalue weighted by Crippen LogP contribution is -2.37. The van der Waals surface area contributed by atoms with E-state index in [1.54, 1.807) is 6.07 Å². The predicted molar refractivity (Wildman–Crippen MR) is 61.4 cm³/mol. The lowest BCUT2D eigenvalue weighted by Gasteiger charge is -2.37. The molecule has 1 saturated carbocycles. The molecule has 0 saturated heterocycles. The molecule has 1 fully saturated rings. The Morgan fingerprint density at radius 2 is 2.12 bits per heavy atom. The van der Waals surface area contributed by atoms with Crippen LogP contribution >= 0.6 is 0 Å². The third-order valence-corrected chi connectivity index (χ3v) is 3.86. The highest BCUT2D eigenvalue weighted by Crippen LogP contribution is 2.48. The van der Waals surface area contributed by atoms with Gasteiger partial charge in [0.25, 0.3) is 0 Å². The number of fused-ring (bicyclic) bond motifs is 1. The van der Waals surface area contributed by atoms with Gasteiger partial charge in [-0.15, -0.1) is 0 Å². The van der Waals surface area contributed by atoms with E-state index in [1.807, 2.05) is 0 Å². The zero-order valence-electron chi connectivity index (χ0n) is 9.49. The van der Waals surface area contributed by atoms with Gasteiger partial charge in [-0.1, -0.05) is 5.18 Å². The van der Waals surface area contributed by atoms with Crippen LogP contribution in [0, 0.1) is 10.7 Å². The number of hydrogen-bond donors (Lipinski definition) is 0. The van der Waals surface area contributed by atoms with Gasteiger partial charge in [0.2, 0.25) is 0 Å². The Hall–Kier alpha value is -1.45. The fourth-order valence-electron chi connectivity index (χ4n) is 3.03. The molecule has 1 aliphatic heterocycles. The van der Waals surface area contributed by atoms with Crippen LogP contribution in [-0.4, -0.2) is 5.60 Å². The van der Waals surface area contributed by atoms with E-state index < -0.39 is 6.04 Å². The standard InChI is InChI=1S/C13H14FNO2/c14-9-3-4-12-10(7-9)11(15-16)8-13(17-12)5-1-2-6-13/h3-4,7,11H,1-2,5-6,8H2. The molecule has 1 unspecified atom stereocenters. The zero-order chi connectivity index (χ0) is 11.9. The zero-order valence-corrected chi connectivity index (χ0v) is 9.49. The summed E-state index contributed by atoms with van der Waals surface area (Å²) in [7, 11) is 0. The normalized spacial score (nSPS) is 25.4. The molecule has 3 nitrogen and oxygen atoms in total. The molecule has 1 spiro atoms. The third-order valence-electron chi connectivity index (χ3n) is 3.86. The second kappa shape index (κ2) is 3.79. The van der Waals surface area contributed by atoms with Gasteiger partial charge in [-0.05, 0) is 43.9 Å². The fraction of sp³-hybridized carbons (Fsp3) is 0.538. The maximum Gasteiger partial charge on any atom is 0.125 e. The average molecular weight is 235 g/mol. The molecular weight excluding hydrogens is 221 g/mol. The first kappa shape index (κ1) is 10.7. The Bertz CT molecular complexity index is 455. The van der Waals surface area contributed by atoms with Crippen LogP contribution in [0.4, 0.5) is 4.39 Å². The molecule has 0 aromatic heterocycles. The summed E-state index contributed by atoms with van der Waals surface area (Å²) in [6.45, 7) is 0. The molecule has 0 amide bonds. The van der Waals surface area contributed by atoms with Crippen molar-refractivity contribution < 1.29 is 9.13 Å². The summed E-state index contributed by atoms with van der Waals surface area (Å²) < 4.78 is 19.2. The van der Waals surface area contributed by atoms with Crippen molar-refractivity contribution in [3.05, 3.63) is 34.5 Å². The first-order valence-corrected chi connectivity index (χ1v) is 6.03. The molecule has 0 bridgehead atoms. The maximum atomic E-state index is 13.2. The van der Waals surface area contributed by atoms with Gasteiger partial charge < -0.3 is 4.74 Å². The van der Waals surface area contributed by atoms with Crippen LogP contribution in [0.1, 0.15) is 43.7 Å². The monoisotopic (exact) mass is 235 g/mol. The molecule has 2 aliphatic rings. The van der Waals surface area contributed by atoms with Gasteiger partial charge >= 0.3 is 0 Å². The maximum absolute atomic E-state index is 13.2. The van der Waals surface area contributed by atoms with E-state index in [0.29, 0.717) is 17.7 Å². The summed E-state index contributed by atoms with van der Waals surface area (Å²) in [5.74, 6) is 0.285. The minimum atomic E-state index is -0.465. The highest BCUT2D eigenvalue weighted by atomic mass is 19.1. The van der Waals surface area contributed by atoms with Gasteiger partial charge in [0.1, 0.15) is 23.2 Å². The van der Waals surface area contributed by atoms with Gasteiger partial charge in [0, 0.05) is 12.0 Å². The molecule has 4 heteroatoms. The highest BCUT2D eigenvalue weighted by molar-refractivity contribution is 5.39. The van der Waals surface area contributed by atoms with E-state index in [2.05, 4.69) is 5.18 Å². The van der Waals surface area contributed by atoms with Crippen LogP contribution in [0.15, 0.2) is 23.4 Å². The topological polar surface area (TPSA) is 38.7 Å². The van der Waals surface area contributed by atoms with Crippen LogP contribution in [0.2, 0.25) is 0 Å². The Balaban J connectivity index is 2.03. The van der Waals surface area contributed by atoms with Crippen molar-refractivity contribution in [2.75, 3.05) is 0 Å². The summed E-state index contributed by atoms with van der Waals surface area (Å²) in [6, 6.07) is 3.88. The predicted octanol–water partition coefficient (Wildman–Crippen LogP) is 3.73. The largest absolute Gasteiger partial charge is 0.487 e. The van der Waals surface area contributed by atoms with Crippen molar-refractivity contribution in [2.24, 2.45) is 5.18 Å². The molecular formula is C13H14FNO2. The third kappa shape index (κ3) is 1.72. The van der Waals surface area contributed by atoms with Crippen LogP contribution in [0.3, 0.4) is 0 Å². The van der Waals surface area contributed by atoms with Crippen molar-refractivity contribution in [1.29, 1.82) is 0 Å². The highest BCUT2D eigenvalue weighted by Gasteiger charge is 2.43. The molecule has 1 heterocycles. The molecule has 1 aromatic rings. The van der Waals surface area contributed by atoms with Crippen LogP contribution in [0.5, 0.6) is 5.75 Å². The van der Waals surface area contributed by atoms with Crippen LogP contribution in [-0.2, 0) is 0 Å². The Morgan fingerprint density at radius 1 is 1.35 bits per heavy atom. The van der Waals surface area contributed by atoms with Gasteiger partial charge in [-0.2, -0.15) is 4.91 Å². The van der Waals surface area contributed by atoms with E-state index in [9.17, 15) is 9.30 Å². The van der Waals surface area contributed by atoms with Crippen molar-refractivity contribution in [3.8, 4) is 5.75 Å². The van der Waals surface area contributed by atoms with Gasteiger partial charge in [0.15, 0.2) is 0 Å². The first-order valence-electron chi connectivity index (χ1n) is 6.03. The molecule has 0 N–H and O–H groups in total.